The number of halogens is 1. The summed E-state index contributed by atoms with van der Waals surface area (Å²) in [5.41, 5.74) is 0.496. The summed E-state index contributed by atoms with van der Waals surface area (Å²) in [6.07, 6.45) is -0.512. The molecule has 5 heteroatoms. The number of benzene rings is 1. The van der Waals surface area contributed by atoms with Crippen LogP contribution in [0, 0.1) is 5.82 Å². The van der Waals surface area contributed by atoms with Crippen molar-refractivity contribution in [1.29, 1.82) is 0 Å². The Labute approximate surface area is 113 Å². The van der Waals surface area contributed by atoms with Crippen LogP contribution in [0.3, 0.4) is 0 Å². The fraction of sp³-hybridized carbons (Fsp3) is 0.571. The van der Waals surface area contributed by atoms with Gasteiger partial charge in [0, 0.05) is 25.8 Å². The molecule has 0 aliphatic rings. The quantitative estimate of drug-likeness (QED) is 0.711. The van der Waals surface area contributed by atoms with Crippen LogP contribution in [0.1, 0.15) is 12.5 Å². The highest BCUT2D eigenvalue weighted by Crippen LogP contribution is 2.07. The molecule has 0 saturated heterocycles. The zero-order valence-corrected chi connectivity index (χ0v) is 11.4. The van der Waals surface area contributed by atoms with E-state index in [1.165, 1.54) is 6.07 Å². The first-order chi connectivity index (χ1) is 9.13. The lowest BCUT2D eigenvalue weighted by Gasteiger charge is -2.15. The number of ether oxygens (including phenoxy) is 2. The highest BCUT2D eigenvalue weighted by atomic mass is 19.1. The number of rotatable bonds is 9. The summed E-state index contributed by atoms with van der Waals surface area (Å²) < 4.78 is 23.6. The molecular formula is C14H22FNO3. The second-order valence-corrected chi connectivity index (χ2v) is 4.46. The highest BCUT2D eigenvalue weighted by molar-refractivity contribution is 5.16. The molecule has 0 amide bonds. The van der Waals surface area contributed by atoms with Gasteiger partial charge in [-0.05, 0) is 13.0 Å². The Balaban J connectivity index is 2.13. The van der Waals surface area contributed by atoms with Gasteiger partial charge in [0.1, 0.15) is 5.82 Å². The van der Waals surface area contributed by atoms with Gasteiger partial charge in [-0.15, -0.1) is 0 Å². The van der Waals surface area contributed by atoms with Gasteiger partial charge in [-0.1, -0.05) is 18.2 Å². The topological polar surface area (TPSA) is 50.7 Å². The van der Waals surface area contributed by atoms with Crippen molar-refractivity contribution in [1.82, 2.24) is 5.32 Å². The molecule has 0 bridgehead atoms. The van der Waals surface area contributed by atoms with E-state index in [9.17, 15) is 9.50 Å². The lowest BCUT2D eigenvalue weighted by atomic mass is 10.2. The molecule has 0 aliphatic heterocycles. The summed E-state index contributed by atoms with van der Waals surface area (Å²) in [4.78, 5) is 0. The zero-order valence-electron chi connectivity index (χ0n) is 11.4. The maximum Gasteiger partial charge on any atom is 0.128 e. The van der Waals surface area contributed by atoms with E-state index in [-0.39, 0.29) is 25.1 Å². The van der Waals surface area contributed by atoms with Crippen LogP contribution in [0.25, 0.3) is 0 Å². The smallest absolute Gasteiger partial charge is 0.128 e. The third-order valence-electron chi connectivity index (χ3n) is 2.74. The summed E-state index contributed by atoms with van der Waals surface area (Å²) in [6.45, 7) is 3.36. The summed E-state index contributed by atoms with van der Waals surface area (Å²) >= 11 is 0. The molecule has 4 nitrogen and oxygen atoms in total. The fourth-order valence-corrected chi connectivity index (χ4v) is 1.52. The normalized spacial score (nSPS) is 14.3. The largest absolute Gasteiger partial charge is 0.389 e. The molecule has 0 aromatic heterocycles. The molecule has 0 radical (unpaired) electrons. The van der Waals surface area contributed by atoms with Gasteiger partial charge >= 0.3 is 0 Å². The van der Waals surface area contributed by atoms with Crippen molar-refractivity contribution in [2.24, 2.45) is 0 Å². The van der Waals surface area contributed by atoms with Gasteiger partial charge in [-0.3, -0.25) is 0 Å². The van der Waals surface area contributed by atoms with E-state index in [1.54, 1.807) is 25.3 Å². The molecular weight excluding hydrogens is 249 g/mol. The Morgan fingerprint density at radius 1 is 1.32 bits per heavy atom. The average molecular weight is 271 g/mol. The maximum absolute atomic E-state index is 13.3. The van der Waals surface area contributed by atoms with Crippen molar-refractivity contribution in [3.63, 3.8) is 0 Å². The Morgan fingerprint density at radius 3 is 2.74 bits per heavy atom. The molecule has 0 saturated carbocycles. The van der Waals surface area contributed by atoms with Gasteiger partial charge in [0.15, 0.2) is 0 Å². The Bertz CT molecular complexity index is 362. The van der Waals surface area contributed by atoms with Crippen molar-refractivity contribution < 1.29 is 19.0 Å². The van der Waals surface area contributed by atoms with E-state index in [0.717, 1.165) is 0 Å². The van der Waals surface area contributed by atoms with Crippen LogP contribution in [0.2, 0.25) is 0 Å². The zero-order chi connectivity index (χ0) is 14.1. The SMILES string of the molecule is COC(C)CNCC(O)COCc1ccccc1F. The Hall–Kier alpha value is -1.01. The first-order valence-electron chi connectivity index (χ1n) is 6.36. The van der Waals surface area contributed by atoms with Crippen LogP contribution >= 0.6 is 0 Å². The molecule has 1 aromatic rings. The van der Waals surface area contributed by atoms with Crippen molar-refractivity contribution in [3.05, 3.63) is 35.6 Å². The Kier molecular flexibility index (Phi) is 7.59. The van der Waals surface area contributed by atoms with E-state index < -0.39 is 6.10 Å². The summed E-state index contributed by atoms with van der Waals surface area (Å²) in [7, 11) is 1.64. The third-order valence-corrected chi connectivity index (χ3v) is 2.74. The molecule has 0 aliphatic carbocycles. The van der Waals surface area contributed by atoms with Crippen LogP contribution in [0.15, 0.2) is 24.3 Å². The number of aliphatic hydroxyl groups excluding tert-OH is 1. The predicted molar refractivity (Wildman–Crippen MR) is 71.4 cm³/mol. The Morgan fingerprint density at radius 2 is 2.05 bits per heavy atom. The maximum atomic E-state index is 13.3. The van der Waals surface area contributed by atoms with Gasteiger partial charge in [-0.25, -0.2) is 4.39 Å². The molecule has 0 spiro atoms. The van der Waals surface area contributed by atoms with Gasteiger partial charge < -0.3 is 19.9 Å². The predicted octanol–water partition coefficient (Wildman–Crippen LogP) is 1.33. The minimum absolute atomic E-state index is 0.103. The second kappa shape index (κ2) is 8.98. The molecule has 2 atom stereocenters. The molecule has 2 N–H and O–H groups in total. The first-order valence-corrected chi connectivity index (χ1v) is 6.36. The molecule has 19 heavy (non-hydrogen) atoms. The number of nitrogens with one attached hydrogen (secondary N) is 1. The van der Waals surface area contributed by atoms with E-state index in [0.29, 0.717) is 18.7 Å². The lowest BCUT2D eigenvalue weighted by molar-refractivity contribution is 0.0257. The molecule has 0 fully saturated rings. The number of methoxy groups -OCH3 is 1. The number of aliphatic hydroxyl groups is 1. The molecule has 1 rings (SSSR count). The summed E-state index contributed by atoms with van der Waals surface area (Å²) in [5, 5.41) is 12.7. The van der Waals surface area contributed by atoms with Crippen LogP contribution in [0.4, 0.5) is 4.39 Å². The highest BCUT2D eigenvalue weighted by Gasteiger charge is 2.07. The summed E-state index contributed by atoms with van der Waals surface area (Å²) in [6, 6.07) is 6.45. The lowest BCUT2D eigenvalue weighted by Crippen LogP contribution is -2.34. The van der Waals surface area contributed by atoms with E-state index >= 15 is 0 Å². The average Bonchev–Trinajstić information content (AvgIpc) is 2.40. The number of hydrogen-bond donors (Lipinski definition) is 2. The van der Waals surface area contributed by atoms with Crippen molar-refractivity contribution in [2.45, 2.75) is 25.7 Å². The standard InChI is InChI=1S/C14H22FNO3/c1-11(18-2)7-16-8-13(17)10-19-9-12-5-3-4-6-14(12)15/h3-6,11,13,16-17H,7-10H2,1-2H3. The van der Waals surface area contributed by atoms with Gasteiger partial charge in [0.25, 0.3) is 0 Å². The van der Waals surface area contributed by atoms with Crippen molar-refractivity contribution in [2.75, 3.05) is 26.8 Å². The monoisotopic (exact) mass is 271 g/mol. The van der Waals surface area contributed by atoms with E-state index in [1.807, 2.05) is 6.92 Å². The molecule has 108 valence electrons. The van der Waals surface area contributed by atoms with Crippen LogP contribution in [0.5, 0.6) is 0 Å². The minimum atomic E-state index is -0.615. The van der Waals surface area contributed by atoms with Crippen LogP contribution < -0.4 is 5.32 Å². The first kappa shape index (κ1) is 16.0. The second-order valence-electron chi connectivity index (χ2n) is 4.46. The fourth-order valence-electron chi connectivity index (χ4n) is 1.52. The number of hydrogen-bond acceptors (Lipinski definition) is 4. The van der Waals surface area contributed by atoms with E-state index in [4.69, 9.17) is 9.47 Å². The molecule has 0 heterocycles. The van der Waals surface area contributed by atoms with Gasteiger partial charge in [0.05, 0.1) is 25.4 Å². The van der Waals surface area contributed by atoms with Gasteiger partial charge in [0.2, 0.25) is 0 Å². The van der Waals surface area contributed by atoms with Crippen LogP contribution in [-0.4, -0.2) is 44.1 Å². The van der Waals surface area contributed by atoms with Crippen molar-refractivity contribution >= 4 is 0 Å². The van der Waals surface area contributed by atoms with Gasteiger partial charge in [-0.2, -0.15) is 0 Å². The van der Waals surface area contributed by atoms with E-state index in [2.05, 4.69) is 5.32 Å². The molecule has 2 unspecified atom stereocenters. The third kappa shape index (κ3) is 6.63. The minimum Gasteiger partial charge on any atom is -0.389 e. The molecule has 1 aromatic carbocycles. The van der Waals surface area contributed by atoms with Crippen molar-refractivity contribution in [3.8, 4) is 0 Å². The van der Waals surface area contributed by atoms with Crippen LogP contribution in [-0.2, 0) is 16.1 Å². The summed E-state index contributed by atoms with van der Waals surface area (Å²) in [5.74, 6) is -0.288.